The van der Waals surface area contributed by atoms with Crippen LogP contribution in [0.15, 0.2) is 24.3 Å². The molecule has 1 N–H and O–H groups in total. The molecule has 0 amide bonds. The lowest BCUT2D eigenvalue weighted by atomic mass is 9.53. The summed E-state index contributed by atoms with van der Waals surface area (Å²) in [5.74, 6) is -0.376. The van der Waals surface area contributed by atoms with E-state index in [1.54, 1.807) is 0 Å². The molecule has 1 saturated heterocycles. The standard InChI is InChI=1S/C15H20O4/c1-9-5-4-6-14(3)8-12-11(7-15(9,14)19-17)10(2)13(16)18-12/h11-12,17H,1-2,4-8H2,3H3/t11-,12-,14-,15+/m1/s1. The minimum absolute atomic E-state index is 0.0671. The molecule has 1 aliphatic heterocycles. The zero-order valence-electron chi connectivity index (χ0n) is 11.3. The molecule has 2 aliphatic carbocycles. The highest BCUT2D eigenvalue weighted by molar-refractivity contribution is 5.91. The van der Waals surface area contributed by atoms with Crippen molar-refractivity contribution < 1.29 is 19.7 Å². The van der Waals surface area contributed by atoms with Crippen LogP contribution in [0.2, 0.25) is 0 Å². The van der Waals surface area contributed by atoms with Crippen LogP contribution in [0.4, 0.5) is 0 Å². The predicted octanol–water partition coefficient (Wildman–Crippen LogP) is 2.85. The minimum atomic E-state index is -0.761. The van der Waals surface area contributed by atoms with E-state index in [-0.39, 0.29) is 23.4 Å². The Morgan fingerprint density at radius 1 is 1.42 bits per heavy atom. The third-order valence-corrected chi connectivity index (χ3v) is 5.49. The highest BCUT2D eigenvalue weighted by Crippen LogP contribution is 2.60. The number of carbonyl (C=O) groups is 1. The van der Waals surface area contributed by atoms with Crippen LogP contribution in [0.25, 0.3) is 0 Å². The second-order valence-corrected chi connectivity index (χ2v) is 6.42. The molecule has 0 aromatic rings. The molecule has 0 bridgehead atoms. The molecule has 4 heteroatoms. The van der Waals surface area contributed by atoms with E-state index in [0.717, 1.165) is 24.8 Å². The first-order valence-corrected chi connectivity index (χ1v) is 6.84. The molecule has 0 aromatic carbocycles. The maximum Gasteiger partial charge on any atom is 0.334 e. The summed E-state index contributed by atoms with van der Waals surface area (Å²) in [6, 6.07) is 0. The second kappa shape index (κ2) is 3.93. The summed E-state index contributed by atoms with van der Waals surface area (Å²) in [5.41, 5.74) is 0.433. The van der Waals surface area contributed by atoms with Crippen molar-refractivity contribution >= 4 is 5.97 Å². The van der Waals surface area contributed by atoms with Crippen LogP contribution in [-0.4, -0.2) is 22.9 Å². The second-order valence-electron chi connectivity index (χ2n) is 6.42. The fourth-order valence-corrected chi connectivity index (χ4v) is 4.26. The normalized spacial score (nSPS) is 45.7. The van der Waals surface area contributed by atoms with E-state index in [1.165, 1.54) is 0 Å². The maximum absolute atomic E-state index is 11.7. The van der Waals surface area contributed by atoms with Gasteiger partial charge in [-0.25, -0.2) is 9.68 Å². The molecule has 0 unspecified atom stereocenters. The molecule has 3 aliphatic rings. The molecule has 3 fully saturated rings. The maximum atomic E-state index is 11.7. The van der Waals surface area contributed by atoms with Crippen molar-refractivity contribution in [1.29, 1.82) is 0 Å². The van der Waals surface area contributed by atoms with Crippen molar-refractivity contribution in [1.82, 2.24) is 0 Å². The van der Waals surface area contributed by atoms with Crippen LogP contribution in [0.3, 0.4) is 0 Å². The lowest BCUT2D eigenvalue weighted by Crippen LogP contribution is -2.58. The van der Waals surface area contributed by atoms with Gasteiger partial charge < -0.3 is 4.74 Å². The van der Waals surface area contributed by atoms with Gasteiger partial charge in [-0.05, 0) is 37.7 Å². The van der Waals surface area contributed by atoms with E-state index >= 15 is 0 Å². The Bertz CT molecular complexity index is 469. The summed E-state index contributed by atoms with van der Waals surface area (Å²) < 4.78 is 5.41. The van der Waals surface area contributed by atoms with E-state index in [0.29, 0.717) is 18.4 Å². The molecular weight excluding hydrogens is 244 g/mol. The number of hydrogen-bond acceptors (Lipinski definition) is 4. The first kappa shape index (κ1) is 12.9. The van der Waals surface area contributed by atoms with E-state index in [2.05, 4.69) is 20.1 Å². The molecule has 0 radical (unpaired) electrons. The molecular formula is C15H20O4. The number of hydrogen-bond donors (Lipinski definition) is 1. The molecule has 4 atom stereocenters. The zero-order valence-corrected chi connectivity index (χ0v) is 11.3. The van der Waals surface area contributed by atoms with Gasteiger partial charge in [-0.3, -0.25) is 5.26 Å². The van der Waals surface area contributed by atoms with Gasteiger partial charge in [-0.1, -0.05) is 20.1 Å². The van der Waals surface area contributed by atoms with Gasteiger partial charge in [0, 0.05) is 16.9 Å². The van der Waals surface area contributed by atoms with Gasteiger partial charge >= 0.3 is 5.97 Å². The Labute approximate surface area is 113 Å². The molecule has 19 heavy (non-hydrogen) atoms. The fraction of sp³-hybridized carbons (Fsp3) is 0.667. The van der Waals surface area contributed by atoms with Crippen molar-refractivity contribution in [3.63, 3.8) is 0 Å². The van der Waals surface area contributed by atoms with Crippen molar-refractivity contribution in [2.75, 3.05) is 0 Å². The van der Waals surface area contributed by atoms with Gasteiger partial charge in [0.15, 0.2) is 0 Å². The van der Waals surface area contributed by atoms with Gasteiger partial charge in [-0.15, -0.1) is 0 Å². The van der Waals surface area contributed by atoms with Crippen LogP contribution < -0.4 is 0 Å². The smallest absolute Gasteiger partial charge is 0.334 e. The summed E-state index contributed by atoms with van der Waals surface area (Å²) in [6.45, 7) is 10.0. The molecule has 4 nitrogen and oxygen atoms in total. The minimum Gasteiger partial charge on any atom is -0.458 e. The van der Waals surface area contributed by atoms with E-state index in [9.17, 15) is 10.1 Å². The SMILES string of the molecule is C=C1C(=O)O[C@@H]2C[C@@]3(C)CCCC(=C)[C@@]3(OO)C[C@H]12. The molecule has 3 rings (SSSR count). The molecule has 1 heterocycles. The predicted molar refractivity (Wildman–Crippen MR) is 69.3 cm³/mol. The van der Waals surface area contributed by atoms with Crippen LogP contribution >= 0.6 is 0 Å². The molecule has 104 valence electrons. The lowest BCUT2D eigenvalue weighted by molar-refractivity contribution is -0.357. The van der Waals surface area contributed by atoms with E-state index in [4.69, 9.17) is 9.62 Å². The average Bonchev–Trinajstić information content (AvgIpc) is 2.62. The average molecular weight is 264 g/mol. The number of rotatable bonds is 1. The summed E-state index contributed by atoms with van der Waals surface area (Å²) in [6.07, 6.45) is 3.94. The molecule has 2 saturated carbocycles. The molecule has 0 aromatic heterocycles. The van der Waals surface area contributed by atoms with E-state index < -0.39 is 5.60 Å². The number of ether oxygens (including phenoxy) is 1. The Morgan fingerprint density at radius 2 is 2.16 bits per heavy atom. The van der Waals surface area contributed by atoms with Crippen molar-refractivity contribution in [3.05, 3.63) is 24.3 Å². The monoisotopic (exact) mass is 264 g/mol. The first-order valence-electron chi connectivity index (χ1n) is 6.84. The Hall–Kier alpha value is -1.13. The van der Waals surface area contributed by atoms with Gasteiger partial charge in [0.2, 0.25) is 0 Å². The fourth-order valence-electron chi connectivity index (χ4n) is 4.26. The van der Waals surface area contributed by atoms with Gasteiger partial charge in [0.25, 0.3) is 0 Å². The summed E-state index contributed by atoms with van der Waals surface area (Å²) in [7, 11) is 0. The van der Waals surface area contributed by atoms with Crippen LogP contribution in [0, 0.1) is 11.3 Å². The summed E-state index contributed by atoms with van der Waals surface area (Å²) in [4.78, 5) is 16.7. The Kier molecular flexibility index (Phi) is 2.67. The largest absolute Gasteiger partial charge is 0.458 e. The molecule has 0 spiro atoms. The topological polar surface area (TPSA) is 55.8 Å². The van der Waals surface area contributed by atoms with Gasteiger partial charge in [-0.2, -0.15) is 0 Å². The number of esters is 1. The van der Waals surface area contributed by atoms with Crippen molar-refractivity contribution in [2.45, 2.75) is 50.7 Å². The quantitative estimate of drug-likeness (QED) is 0.260. The third-order valence-electron chi connectivity index (χ3n) is 5.49. The summed E-state index contributed by atoms with van der Waals surface area (Å²) in [5, 5.41) is 9.57. The van der Waals surface area contributed by atoms with Crippen molar-refractivity contribution in [2.24, 2.45) is 11.3 Å². The van der Waals surface area contributed by atoms with Crippen molar-refractivity contribution in [3.8, 4) is 0 Å². The number of carbonyl (C=O) groups excluding carboxylic acids is 1. The van der Waals surface area contributed by atoms with Gasteiger partial charge in [0.05, 0.1) is 0 Å². The zero-order chi connectivity index (χ0) is 13.8. The van der Waals surface area contributed by atoms with E-state index in [1.807, 2.05) is 0 Å². The third kappa shape index (κ3) is 1.50. The summed E-state index contributed by atoms with van der Waals surface area (Å²) >= 11 is 0. The Morgan fingerprint density at radius 3 is 2.84 bits per heavy atom. The van der Waals surface area contributed by atoms with Gasteiger partial charge in [0.1, 0.15) is 11.7 Å². The Balaban J connectivity index is 2.03. The number of fused-ring (bicyclic) bond motifs is 2. The lowest BCUT2D eigenvalue weighted by Gasteiger charge is -2.55. The first-order chi connectivity index (χ1) is 8.93. The highest BCUT2D eigenvalue weighted by atomic mass is 17.1. The highest BCUT2D eigenvalue weighted by Gasteiger charge is 2.62. The van der Waals surface area contributed by atoms with Crippen LogP contribution in [-0.2, 0) is 14.4 Å². The van der Waals surface area contributed by atoms with Crippen LogP contribution in [0.5, 0.6) is 0 Å². The van der Waals surface area contributed by atoms with Crippen LogP contribution in [0.1, 0.15) is 39.0 Å².